The van der Waals surface area contributed by atoms with Crippen molar-refractivity contribution in [1.29, 1.82) is 0 Å². The highest BCUT2D eigenvalue weighted by atomic mass is 16.2. The quantitative estimate of drug-likeness (QED) is 0.869. The lowest BCUT2D eigenvalue weighted by Gasteiger charge is -2.31. The number of benzene rings is 1. The molecule has 4 nitrogen and oxygen atoms in total. The van der Waals surface area contributed by atoms with E-state index < -0.39 is 0 Å². The van der Waals surface area contributed by atoms with Crippen molar-refractivity contribution in [3.8, 4) is 0 Å². The molecule has 2 aromatic rings. The van der Waals surface area contributed by atoms with Gasteiger partial charge in [-0.15, -0.1) is 0 Å². The maximum atomic E-state index is 12.9. The summed E-state index contributed by atoms with van der Waals surface area (Å²) < 4.78 is 1.67. The number of likely N-dealkylation sites (tertiary alicyclic amines) is 1. The van der Waals surface area contributed by atoms with Gasteiger partial charge in [0.15, 0.2) is 0 Å². The molecule has 0 bridgehead atoms. The van der Waals surface area contributed by atoms with Crippen LogP contribution in [0.15, 0.2) is 42.6 Å². The largest absolute Gasteiger partial charge is 0.334 e. The Morgan fingerprint density at radius 3 is 2.73 bits per heavy atom. The minimum atomic E-state index is 0.108. The number of aryl methyl sites for hydroxylation is 1. The van der Waals surface area contributed by atoms with Crippen LogP contribution in [0.5, 0.6) is 0 Å². The Morgan fingerprint density at radius 2 is 2.09 bits per heavy atom. The van der Waals surface area contributed by atoms with Crippen molar-refractivity contribution in [2.75, 3.05) is 6.54 Å². The molecule has 0 radical (unpaired) electrons. The zero-order chi connectivity index (χ0) is 15.5. The maximum absolute atomic E-state index is 12.9. The monoisotopic (exact) mass is 297 g/mol. The lowest BCUT2D eigenvalue weighted by Crippen LogP contribution is -2.40. The fourth-order valence-corrected chi connectivity index (χ4v) is 3.62. The Hall–Kier alpha value is -2.10. The maximum Gasteiger partial charge on any atom is 0.272 e. The van der Waals surface area contributed by atoms with Crippen molar-refractivity contribution in [2.24, 2.45) is 7.05 Å². The molecule has 3 rings (SSSR count). The summed E-state index contributed by atoms with van der Waals surface area (Å²) in [7, 11) is 1.83. The number of aromatic nitrogens is 2. The highest BCUT2D eigenvalue weighted by Gasteiger charge is 2.35. The van der Waals surface area contributed by atoms with E-state index in [2.05, 4.69) is 41.2 Å². The van der Waals surface area contributed by atoms with Gasteiger partial charge < -0.3 is 4.90 Å². The molecule has 22 heavy (non-hydrogen) atoms. The van der Waals surface area contributed by atoms with Crippen molar-refractivity contribution >= 4 is 5.91 Å². The van der Waals surface area contributed by atoms with Crippen LogP contribution < -0.4 is 0 Å². The number of hydrogen-bond donors (Lipinski definition) is 0. The Morgan fingerprint density at radius 1 is 1.32 bits per heavy atom. The van der Waals surface area contributed by atoms with Gasteiger partial charge in [-0.05, 0) is 30.9 Å². The molecule has 1 aromatic carbocycles. The van der Waals surface area contributed by atoms with Crippen LogP contribution in [0.4, 0.5) is 0 Å². The summed E-state index contributed by atoms with van der Waals surface area (Å²) in [6.45, 7) is 3.06. The summed E-state index contributed by atoms with van der Waals surface area (Å²) in [4.78, 5) is 14.9. The summed E-state index contributed by atoms with van der Waals surface area (Å²) in [5, 5.41) is 4.13. The molecule has 4 heteroatoms. The summed E-state index contributed by atoms with van der Waals surface area (Å²) >= 11 is 0. The van der Waals surface area contributed by atoms with Crippen molar-refractivity contribution in [3.05, 3.63) is 53.9 Å². The van der Waals surface area contributed by atoms with Crippen LogP contribution in [-0.4, -0.2) is 33.2 Å². The van der Waals surface area contributed by atoms with Gasteiger partial charge in [0.05, 0.1) is 0 Å². The number of carbonyl (C=O) groups excluding carboxylic acids is 1. The van der Waals surface area contributed by atoms with Gasteiger partial charge in [-0.2, -0.15) is 5.10 Å². The van der Waals surface area contributed by atoms with Gasteiger partial charge >= 0.3 is 0 Å². The smallest absolute Gasteiger partial charge is 0.272 e. The number of nitrogens with zero attached hydrogens (tertiary/aromatic N) is 3. The molecular formula is C18H23N3O. The Bertz CT molecular complexity index is 635. The van der Waals surface area contributed by atoms with E-state index in [1.807, 2.05) is 13.1 Å². The normalized spacial score (nSPS) is 19.4. The van der Waals surface area contributed by atoms with Crippen LogP contribution in [0.1, 0.15) is 48.2 Å². The van der Waals surface area contributed by atoms with Gasteiger partial charge in [0, 0.05) is 31.7 Å². The van der Waals surface area contributed by atoms with Crippen LogP contribution in [0.2, 0.25) is 0 Å². The standard InChI is InChI=1S/C18H23N3O/c1-3-15(14-8-5-4-6-9-14)16-10-7-13-21(16)18(22)17-11-12-19-20(17)2/h4-6,8-9,11-12,15-16H,3,7,10,13H2,1-2H3/t15-,16+/m0/s1. The zero-order valence-corrected chi connectivity index (χ0v) is 13.3. The number of hydrogen-bond acceptors (Lipinski definition) is 2. The van der Waals surface area contributed by atoms with Crippen molar-refractivity contribution in [1.82, 2.24) is 14.7 Å². The average Bonchev–Trinajstić information content (AvgIpc) is 3.18. The minimum Gasteiger partial charge on any atom is -0.334 e. The first-order valence-corrected chi connectivity index (χ1v) is 8.06. The van der Waals surface area contributed by atoms with Gasteiger partial charge in [0.25, 0.3) is 5.91 Å². The van der Waals surface area contributed by atoms with E-state index in [-0.39, 0.29) is 11.9 Å². The molecule has 2 heterocycles. The molecule has 1 aliphatic heterocycles. The first kappa shape index (κ1) is 14.8. The van der Waals surface area contributed by atoms with Crippen LogP contribution in [0, 0.1) is 0 Å². The molecule has 1 aromatic heterocycles. The number of amides is 1. The fraction of sp³-hybridized carbons (Fsp3) is 0.444. The summed E-state index contributed by atoms with van der Waals surface area (Å²) in [5.41, 5.74) is 2.01. The Labute approximate surface area is 131 Å². The molecule has 0 spiro atoms. The van der Waals surface area contributed by atoms with E-state index in [0.717, 1.165) is 25.8 Å². The van der Waals surface area contributed by atoms with E-state index >= 15 is 0 Å². The second-order valence-corrected chi connectivity index (χ2v) is 5.97. The van der Waals surface area contributed by atoms with Crippen molar-refractivity contribution < 1.29 is 4.79 Å². The van der Waals surface area contributed by atoms with Crippen molar-refractivity contribution in [3.63, 3.8) is 0 Å². The summed E-state index contributed by atoms with van der Waals surface area (Å²) in [6, 6.07) is 12.7. The number of carbonyl (C=O) groups is 1. The average molecular weight is 297 g/mol. The molecule has 116 valence electrons. The van der Waals surface area contributed by atoms with Gasteiger partial charge in [-0.1, -0.05) is 37.3 Å². The third-order valence-corrected chi connectivity index (χ3v) is 4.73. The molecular weight excluding hydrogens is 274 g/mol. The van der Waals surface area contributed by atoms with E-state index in [9.17, 15) is 4.79 Å². The fourth-order valence-electron chi connectivity index (χ4n) is 3.62. The van der Waals surface area contributed by atoms with Gasteiger partial charge in [0.1, 0.15) is 5.69 Å². The van der Waals surface area contributed by atoms with E-state index in [4.69, 9.17) is 0 Å². The number of rotatable bonds is 4. The highest BCUT2D eigenvalue weighted by Crippen LogP contribution is 2.34. The second-order valence-electron chi connectivity index (χ2n) is 5.97. The molecule has 1 fully saturated rings. The topological polar surface area (TPSA) is 38.1 Å². The third kappa shape index (κ3) is 2.65. The predicted octanol–water partition coefficient (Wildman–Crippen LogP) is 3.22. The molecule has 0 unspecified atom stereocenters. The van der Waals surface area contributed by atoms with Crippen LogP contribution in [0.25, 0.3) is 0 Å². The molecule has 1 aliphatic rings. The second kappa shape index (κ2) is 6.34. The lowest BCUT2D eigenvalue weighted by molar-refractivity contribution is 0.0703. The highest BCUT2D eigenvalue weighted by molar-refractivity contribution is 5.93. The summed E-state index contributed by atoms with van der Waals surface area (Å²) in [5.74, 6) is 0.512. The van der Waals surface area contributed by atoms with E-state index in [1.54, 1.807) is 16.9 Å². The first-order valence-electron chi connectivity index (χ1n) is 8.06. The van der Waals surface area contributed by atoms with Crippen LogP contribution >= 0.6 is 0 Å². The molecule has 1 amide bonds. The molecule has 1 saturated heterocycles. The SMILES string of the molecule is CC[C@@H](c1ccccc1)[C@H]1CCCN1C(=O)c1ccnn1C. The molecule has 2 atom stereocenters. The van der Waals surface area contributed by atoms with E-state index in [1.165, 1.54) is 5.56 Å². The first-order chi connectivity index (χ1) is 10.7. The summed E-state index contributed by atoms with van der Waals surface area (Å²) in [6.07, 6.45) is 4.89. The lowest BCUT2D eigenvalue weighted by atomic mass is 9.87. The van der Waals surface area contributed by atoms with Gasteiger partial charge in [-0.3, -0.25) is 9.48 Å². The van der Waals surface area contributed by atoms with Gasteiger partial charge in [-0.25, -0.2) is 0 Å². The van der Waals surface area contributed by atoms with Crippen LogP contribution in [-0.2, 0) is 7.05 Å². The zero-order valence-electron chi connectivity index (χ0n) is 13.3. The third-order valence-electron chi connectivity index (χ3n) is 4.73. The van der Waals surface area contributed by atoms with Crippen LogP contribution in [0.3, 0.4) is 0 Å². The van der Waals surface area contributed by atoms with Gasteiger partial charge in [0.2, 0.25) is 0 Å². The Kier molecular flexibility index (Phi) is 4.27. The minimum absolute atomic E-state index is 0.108. The van der Waals surface area contributed by atoms with Crippen molar-refractivity contribution in [2.45, 2.75) is 38.1 Å². The Balaban J connectivity index is 1.86. The molecule has 0 aliphatic carbocycles. The molecule has 0 saturated carbocycles. The van der Waals surface area contributed by atoms with E-state index in [0.29, 0.717) is 11.6 Å². The molecule has 0 N–H and O–H groups in total. The predicted molar refractivity (Wildman–Crippen MR) is 86.7 cm³/mol.